The van der Waals surface area contributed by atoms with Crippen LogP contribution in [0.25, 0.3) is 0 Å². The van der Waals surface area contributed by atoms with Crippen molar-refractivity contribution in [2.24, 2.45) is 0 Å². The van der Waals surface area contributed by atoms with Crippen molar-refractivity contribution in [3.05, 3.63) is 28.5 Å². The summed E-state index contributed by atoms with van der Waals surface area (Å²) in [4.78, 5) is 4.03. The Balaban J connectivity index is 2.99. The van der Waals surface area contributed by atoms with Gasteiger partial charge in [0.25, 0.3) is 0 Å². The lowest BCUT2D eigenvalue weighted by atomic mass is 10.1. The summed E-state index contributed by atoms with van der Waals surface area (Å²) in [5.74, 6) is 0.106. The number of hydrogen-bond acceptors (Lipinski definition) is 3. The minimum Gasteiger partial charge on any atom is -0.263 e. The zero-order valence-electron chi connectivity index (χ0n) is 9.51. The van der Waals surface area contributed by atoms with Crippen molar-refractivity contribution >= 4 is 26.0 Å². The van der Waals surface area contributed by atoms with Crippen LogP contribution in [-0.2, 0) is 10.0 Å². The third-order valence-electron chi connectivity index (χ3n) is 2.56. The maximum atomic E-state index is 11.7. The first-order valence-electron chi connectivity index (χ1n) is 4.94. The molecule has 0 N–H and O–H groups in total. The van der Waals surface area contributed by atoms with Gasteiger partial charge in [0, 0.05) is 30.0 Å². The van der Waals surface area contributed by atoms with Gasteiger partial charge in [-0.25, -0.2) is 8.42 Å². The predicted molar refractivity (Wildman–Crippen MR) is 67.6 cm³/mol. The van der Waals surface area contributed by atoms with E-state index in [1.165, 1.54) is 4.31 Å². The zero-order valence-corrected chi connectivity index (χ0v) is 11.9. The van der Waals surface area contributed by atoms with Gasteiger partial charge in [0.2, 0.25) is 10.0 Å². The summed E-state index contributed by atoms with van der Waals surface area (Å²) in [6.45, 7) is 3.48. The molecule has 1 unspecified atom stereocenters. The van der Waals surface area contributed by atoms with Gasteiger partial charge in [-0.05, 0) is 41.4 Å². The highest BCUT2D eigenvalue weighted by Gasteiger charge is 2.22. The molecule has 0 aromatic carbocycles. The second kappa shape index (κ2) is 5.25. The highest BCUT2D eigenvalue weighted by atomic mass is 79.9. The van der Waals surface area contributed by atoms with Crippen molar-refractivity contribution in [3.8, 4) is 0 Å². The molecule has 1 atom stereocenters. The summed E-state index contributed by atoms with van der Waals surface area (Å²) >= 11 is 3.32. The van der Waals surface area contributed by atoms with Gasteiger partial charge in [-0.1, -0.05) is 0 Å². The van der Waals surface area contributed by atoms with Crippen LogP contribution in [-0.4, -0.2) is 30.5 Å². The molecule has 90 valence electrons. The molecule has 0 saturated heterocycles. The third kappa shape index (κ3) is 3.02. The highest BCUT2D eigenvalue weighted by molar-refractivity contribution is 9.10. The minimum absolute atomic E-state index is 0.106. The summed E-state index contributed by atoms with van der Waals surface area (Å²) in [5, 5.41) is 0. The summed E-state index contributed by atoms with van der Waals surface area (Å²) < 4.78 is 25.6. The van der Waals surface area contributed by atoms with Crippen molar-refractivity contribution in [2.45, 2.75) is 19.9 Å². The number of halogens is 1. The second-order valence-electron chi connectivity index (χ2n) is 3.53. The standard InChI is InChI=1S/C10H15BrN2O2S/c1-4-16(14,15)13(3)8(2)9-5-10(11)7-12-6-9/h5-8H,4H2,1-3H3. The number of rotatable bonds is 4. The van der Waals surface area contributed by atoms with E-state index in [9.17, 15) is 8.42 Å². The van der Waals surface area contributed by atoms with Crippen molar-refractivity contribution in [1.29, 1.82) is 0 Å². The van der Waals surface area contributed by atoms with Crippen LogP contribution >= 0.6 is 15.9 Å². The van der Waals surface area contributed by atoms with E-state index in [4.69, 9.17) is 0 Å². The van der Waals surface area contributed by atoms with Crippen LogP contribution < -0.4 is 0 Å². The van der Waals surface area contributed by atoms with Crippen molar-refractivity contribution in [1.82, 2.24) is 9.29 Å². The van der Waals surface area contributed by atoms with E-state index in [-0.39, 0.29) is 11.8 Å². The fourth-order valence-corrected chi connectivity index (χ4v) is 2.70. The molecule has 0 aliphatic rings. The Hall–Kier alpha value is -0.460. The summed E-state index contributed by atoms with van der Waals surface area (Å²) in [6.07, 6.45) is 3.35. The van der Waals surface area contributed by atoms with Crippen LogP contribution in [0.1, 0.15) is 25.5 Å². The monoisotopic (exact) mass is 306 g/mol. The molecular formula is C10H15BrN2O2S. The molecule has 0 spiro atoms. The zero-order chi connectivity index (χ0) is 12.3. The molecule has 6 heteroatoms. The molecule has 1 rings (SSSR count). The maximum Gasteiger partial charge on any atom is 0.214 e. The second-order valence-corrected chi connectivity index (χ2v) is 6.76. The van der Waals surface area contributed by atoms with Gasteiger partial charge in [0.1, 0.15) is 0 Å². The van der Waals surface area contributed by atoms with Crippen LogP contribution in [0.3, 0.4) is 0 Å². The summed E-state index contributed by atoms with van der Waals surface area (Å²) in [5.41, 5.74) is 0.869. The number of nitrogens with zero attached hydrogens (tertiary/aromatic N) is 2. The molecule has 0 radical (unpaired) electrons. The van der Waals surface area contributed by atoms with E-state index in [0.29, 0.717) is 0 Å². The van der Waals surface area contributed by atoms with Gasteiger partial charge >= 0.3 is 0 Å². The van der Waals surface area contributed by atoms with Crippen molar-refractivity contribution in [2.75, 3.05) is 12.8 Å². The molecule has 1 aromatic heterocycles. The van der Waals surface area contributed by atoms with Gasteiger partial charge < -0.3 is 0 Å². The Kier molecular flexibility index (Phi) is 4.46. The topological polar surface area (TPSA) is 50.3 Å². The molecule has 4 nitrogen and oxygen atoms in total. The molecule has 0 amide bonds. The first-order valence-corrected chi connectivity index (χ1v) is 7.35. The quantitative estimate of drug-likeness (QED) is 0.857. The van der Waals surface area contributed by atoms with Gasteiger partial charge in [0.05, 0.1) is 5.75 Å². The fourth-order valence-electron chi connectivity index (χ4n) is 1.31. The molecule has 1 aromatic rings. The lowest BCUT2D eigenvalue weighted by Gasteiger charge is -2.23. The smallest absolute Gasteiger partial charge is 0.214 e. The van der Waals surface area contributed by atoms with E-state index in [2.05, 4.69) is 20.9 Å². The van der Waals surface area contributed by atoms with E-state index in [0.717, 1.165) is 10.0 Å². The van der Waals surface area contributed by atoms with Gasteiger partial charge in [-0.2, -0.15) is 4.31 Å². The van der Waals surface area contributed by atoms with Gasteiger partial charge in [-0.15, -0.1) is 0 Å². The molecule has 0 bridgehead atoms. The Morgan fingerprint density at radius 1 is 1.50 bits per heavy atom. The van der Waals surface area contributed by atoms with Crippen LogP contribution in [0.5, 0.6) is 0 Å². The summed E-state index contributed by atoms with van der Waals surface area (Å²) in [7, 11) is -1.58. The first-order chi connectivity index (χ1) is 7.38. The third-order valence-corrected chi connectivity index (χ3v) is 4.91. The first kappa shape index (κ1) is 13.6. The van der Waals surface area contributed by atoms with Crippen molar-refractivity contribution < 1.29 is 8.42 Å². The predicted octanol–water partition coefficient (Wildman–Crippen LogP) is 2.19. The van der Waals surface area contributed by atoms with E-state index in [1.807, 2.05) is 13.0 Å². The lowest BCUT2D eigenvalue weighted by molar-refractivity contribution is 0.398. The average Bonchev–Trinajstić information content (AvgIpc) is 2.27. The van der Waals surface area contributed by atoms with E-state index >= 15 is 0 Å². The largest absolute Gasteiger partial charge is 0.263 e. The van der Waals surface area contributed by atoms with Gasteiger partial charge in [-0.3, -0.25) is 4.98 Å². The molecule has 0 aliphatic heterocycles. The number of pyridine rings is 1. The normalized spacial score (nSPS) is 14.1. The number of aromatic nitrogens is 1. The van der Waals surface area contributed by atoms with Gasteiger partial charge in [0.15, 0.2) is 0 Å². The molecular weight excluding hydrogens is 292 g/mol. The van der Waals surface area contributed by atoms with Crippen molar-refractivity contribution in [3.63, 3.8) is 0 Å². The van der Waals surface area contributed by atoms with Crippen LogP contribution in [0, 0.1) is 0 Å². The van der Waals surface area contributed by atoms with E-state index in [1.54, 1.807) is 26.4 Å². The minimum atomic E-state index is -3.17. The SMILES string of the molecule is CCS(=O)(=O)N(C)C(C)c1cncc(Br)c1. The molecule has 16 heavy (non-hydrogen) atoms. The Morgan fingerprint density at radius 3 is 2.62 bits per heavy atom. The molecule has 0 fully saturated rings. The van der Waals surface area contributed by atoms with Crippen LogP contribution in [0.4, 0.5) is 0 Å². The van der Waals surface area contributed by atoms with Crippen LogP contribution in [0.2, 0.25) is 0 Å². The number of sulfonamides is 1. The summed E-state index contributed by atoms with van der Waals surface area (Å²) in [6, 6.07) is 1.66. The Morgan fingerprint density at radius 2 is 2.12 bits per heavy atom. The average molecular weight is 307 g/mol. The lowest BCUT2D eigenvalue weighted by Crippen LogP contribution is -2.31. The van der Waals surface area contributed by atoms with Crippen LogP contribution in [0.15, 0.2) is 22.9 Å². The molecule has 1 heterocycles. The highest BCUT2D eigenvalue weighted by Crippen LogP contribution is 2.23. The molecule has 0 aliphatic carbocycles. The molecule has 0 saturated carbocycles. The Bertz CT molecular complexity index is 462. The maximum absolute atomic E-state index is 11.7. The Labute approximate surface area is 105 Å². The van der Waals surface area contributed by atoms with E-state index < -0.39 is 10.0 Å². The fraction of sp³-hybridized carbons (Fsp3) is 0.500. The number of hydrogen-bond donors (Lipinski definition) is 0.